The first kappa shape index (κ1) is 21.5. The van der Waals surface area contributed by atoms with Gasteiger partial charge in [0.15, 0.2) is 11.5 Å². The molecule has 5 rings (SSSR count). The quantitative estimate of drug-likeness (QED) is 0.387. The molecule has 0 radical (unpaired) electrons. The van der Waals surface area contributed by atoms with Crippen molar-refractivity contribution in [2.45, 2.75) is 13.1 Å². The van der Waals surface area contributed by atoms with Gasteiger partial charge < -0.3 is 19.3 Å². The molecule has 3 heterocycles. The Labute approximate surface area is 200 Å². The Morgan fingerprint density at radius 1 is 1.09 bits per heavy atom. The molecule has 0 saturated carbocycles. The first-order valence-electron chi connectivity index (χ1n) is 10.3. The van der Waals surface area contributed by atoms with E-state index >= 15 is 0 Å². The summed E-state index contributed by atoms with van der Waals surface area (Å²) in [6.45, 7) is 0.990. The van der Waals surface area contributed by atoms with Crippen LogP contribution in [0.5, 0.6) is 11.5 Å². The number of rotatable bonds is 6. The fraction of sp³-hybridized carbons (Fsp3) is 0.208. The van der Waals surface area contributed by atoms with Gasteiger partial charge in [-0.05, 0) is 35.9 Å². The summed E-state index contributed by atoms with van der Waals surface area (Å²) in [5, 5.41) is 1.60. The monoisotopic (exact) mass is 480 g/mol. The molecule has 4 aromatic rings. The molecule has 2 aromatic carbocycles. The molecule has 1 aliphatic rings. The van der Waals surface area contributed by atoms with E-state index in [4.69, 9.17) is 26.1 Å². The van der Waals surface area contributed by atoms with Crippen molar-refractivity contribution >= 4 is 45.6 Å². The molecule has 168 valence electrons. The van der Waals surface area contributed by atoms with Crippen molar-refractivity contribution in [1.82, 2.24) is 14.9 Å². The highest BCUT2D eigenvalue weighted by atomic mass is 35.5. The summed E-state index contributed by atoms with van der Waals surface area (Å²) in [6.07, 6.45) is 1.60. The smallest absolute Gasteiger partial charge is 0.266 e. The fourth-order valence-corrected chi connectivity index (χ4v) is 4.57. The highest BCUT2D eigenvalue weighted by Gasteiger charge is 2.22. The number of carbonyl (C=O) groups excluding carboxylic acids is 1. The molecule has 0 saturated heterocycles. The molecule has 2 aromatic heterocycles. The Morgan fingerprint density at radius 3 is 2.73 bits per heavy atom. The number of ether oxygens (including phenoxy) is 2. The van der Waals surface area contributed by atoms with Crippen LogP contribution in [-0.2, 0) is 13.1 Å². The zero-order valence-corrected chi connectivity index (χ0v) is 19.7. The second-order valence-corrected chi connectivity index (χ2v) is 9.24. The van der Waals surface area contributed by atoms with Crippen molar-refractivity contribution in [2.24, 2.45) is 0 Å². The van der Waals surface area contributed by atoms with Gasteiger partial charge in [0.2, 0.25) is 6.79 Å². The van der Waals surface area contributed by atoms with Gasteiger partial charge in [0, 0.05) is 36.6 Å². The number of aromatic nitrogens is 2. The number of fused-ring (bicyclic) bond motifs is 2. The molecule has 0 fully saturated rings. The van der Waals surface area contributed by atoms with E-state index in [-0.39, 0.29) is 12.7 Å². The molecular formula is C24H21ClN4O3S. The van der Waals surface area contributed by atoms with Crippen molar-refractivity contribution in [3.8, 4) is 11.5 Å². The fourth-order valence-electron chi connectivity index (χ4n) is 3.82. The molecule has 7 nitrogen and oxygen atoms in total. The summed E-state index contributed by atoms with van der Waals surface area (Å²) < 4.78 is 10.9. The summed E-state index contributed by atoms with van der Waals surface area (Å²) in [7, 11) is 3.88. The van der Waals surface area contributed by atoms with Crippen LogP contribution in [0.25, 0.3) is 10.9 Å². The van der Waals surface area contributed by atoms with Crippen molar-refractivity contribution in [3.63, 3.8) is 0 Å². The Kier molecular flexibility index (Phi) is 5.78. The maximum Gasteiger partial charge on any atom is 0.266 e. The van der Waals surface area contributed by atoms with E-state index < -0.39 is 0 Å². The van der Waals surface area contributed by atoms with Crippen LogP contribution in [0.4, 0.5) is 5.82 Å². The third-order valence-electron chi connectivity index (χ3n) is 5.36. The summed E-state index contributed by atoms with van der Waals surface area (Å²) in [5.41, 5.74) is 4.36. The van der Waals surface area contributed by atoms with E-state index in [2.05, 4.69) is 11.1 Å². The van der Waals surface area contributed by atoms with Crippen molar-refractivity contribution in [1.29, 1.82) is 0 Å². The molecule has 9 heteroatoms. The highest BCUT2D eigenvalue weighted by Crippen LogP contribution is 2.33. The number of hydrogen-bond acceptors (Lipinski definition) is 7. The Morgan fingerprint density at radius 2 is 1.94 bits per heavy atom. The average molecular weight is 481 g/mol. The van der Waals surface area contributed by atoms with E-state index in [9.17, 15) is 4.79 Å². The molecule has 0 spiro atoms. The van der Waals surface area contributed by atoms with Gasteiger partial charge in [-0.15, -0.1) is 11.3 Å². The van der Waals surface area contributed by atoms with Gasteiger partial charge in [0.1, 0.15) is 10.7 Å². The van der Waals surface area contributed by atoms with Gasteiger partial charge in [-0.1, -0.05) is 23.7 Å². The third kappa shape index (κ3) is 4.44. The predicted molar refractivity (Wildman–Crippen MR) is 129 cm³/mol. The number of carbonyl (C=O) groups is 1. The van der Waals surface area contributed by atoms with Gasteiger partial charge in [-0.2, -0.15) is 0 Å². The van der Waals surface area contributed by atoms with E-state index in [1.54, 1.807) is 16.6 Å². The predicted octanol–water partition coefficient (Wildman–Crippen LogP) is 4.98. The maximum atomic E-state index is 13.4. The van der Waals surface area contributed by atoms with Gasteiger partial charge in [0.25, 0.3) is 5.91 Å². The molecule has 0 N–H and O–H groups in total. The molecular weight excluding hydrogens is 460 g/mol. The number of pyridine rings is 1. The lowest BCUT2D eigenvalue weighted by Crippen LogP contribution is -2.30. The molecule has 33 heavy (non-hydrogen) atoms. The summed E-state index contributed by atoms with van der Waals surface area (Å²) in [6, 6.07) is 13.5. The normalized spacial score (nSPS) is 12.2. The van der Waals surface area contributed by atoms with Crippen LogP contribution in [0.3, 0.4) is 0 Å². The minimum Gasteiger partial charge on any atom is -0.454 e. The Hall–Kier alpha value is -3.36. The number of anilines is 1. The van der Waals surface area contributed by atoms with Crippen LogP contribution in [0.2, 0.25) is 5.02 Å². The molecule has 0 aliphatic carbocycles. The summed E-state index contributed by atoms with van der Waals surface area (Å²) >= 11 is 7.50. The number of nitrogens with zero attached hydrogens (tertiary/aromatic N) is 4. The van der Waals surface area contributed by atoms with Crippen molar-refractivity contribution in [2.75, 3.05) is 25.8 Å². The minimum atomic E-state index is -0.0870. The number of thiazole rings is 1. The van der Waals surface area contributed by atoms with E-state index in [0.717, 1.165) is 27.8 Å². The van der Waals surface area contributed by atoms with Gasteiger partial charge in [-0.25, -0.2) is 4.98 Å². The highest BCUT2D eigenvalue weighted by molar-refractivity contribution is 7.11. The Bertz CT molecular complexity index is 1330. The zero-order chi connectivity index (χ0) is 22.9. The van der Waals surface area contributed by atoms with Crippen LogP contribution in [0.15, 0.2) is 54.2 Å². The van der Waals surface area contributed by atoms with Crippen LogP contribution in [0, 0.1) is 0 Å². The number of benzene rings is 2. The Balaban J connectivity index is 1.53. The van der Waals surface area contributed by atoms with E-state index in [1.165, 1.54) is 11.3 Å². The average Bonchev–Trinajstić information content (AvgIpc) is 3.49. The summed E-state index contributed by atoms with van der Waals surface area (Å²) in [4.78, 5) is 26.7. The number of amides is 1. The van der Waals surface area contributed by atoms with Crippen molar-refractivity contribution in [3.05, 3.63) is 75.2 Å². The van der Waals surface area contributed by atoms with E-state index in [1.807, 2.05) is 55.4 Å². The molecule has 1 aliphatic heterocycles. The summed E-state index contributed by atoms with van der Waals surface area (Å²) in [5.74, 6) is 2.11. The second-order valence-electron chi connectivity index (χ2n) is 7.92. The van der Waals surface area contributed by atoms with Crippen LogP contribution in [0.1, 0.15) is 20.8 Å². The maximum absolute atomic E-state index is 13.4. The lowest BCUT2D eigenvalue weighted by molar-refractivity contribution is 0.0734. The molecule has 0 unspecified atom stereocenters. The zero-order valence-electron chi connectivity index (χ0n) is 18.1. The van der Waals surface area contributed by atoms with Gasteiger partial charge in [0.05, 0.1) is 23.8 Å². The van der Waals surface area contributed by atoms with Crippen molar-refractivity contribution < 1.29 is 14.3 Å². The van der Waals surface area contributed by atoms with Gasteiger partial charge >= 0.3 is 0 Å². The van der Waals surface area contributed by atoms with Crippen LogP contribution >= 0.6 is 22.9 Å². The topological polar surface area (TPSA) is 67.8 Å². The second kappa shape index (κ2) is 8.88. The minimum absolute atomic E-state index is 0.0870. The van der Waals surface area contributed by atoms with Crippen LogP contribution < -0.4 is 14.4 Å². The SMILES string of the molecule is CN(C)c1nc2cc(Cl)ccc2cc1CN(Cc1ccc2c(c1)OCO2)C(=O)c1cncs1. The number of hydrogen-bond donors (Lipinski definition) is 0. The number of halogens is 1. The molecule has 0 bridgehead atoms. The first-order chi connectivity index (χ1) is 16.0. The third-order valence-corrected chi connectivity index (χ3v) is 6.36. The largest absolute Gasteiger partial charge is 0.454 e. The molecule has 0 atom stereocenters. The van der Waals surface area contributed by atoms with Crippen LogP contribution in [-0.4, -0.2) is 41.7 Å². The first-order valence-corrected chi connectivity index (χ1v) is 11.6. The standard InChI is InChI=1S/C24H21ClN4O3S/c1-28(2)23-17(8-16-4-5-18(25)9-19(16)27-23)12-29(24(30)22-10-26-13-33-22)11-15-3-6-20-21(7-15)32-14-31-20/h3-10,13H,11-12,14H2,1-2H3. The van der Waals surface area contributed by atoms with Gasteiger partial charge in [-0.3, -0.25) is 9.78 Å². The molecule has 1 amide bonds. The lowest BCUT2D eigenvalue weighted by Gasteiger charge is -2.25. The van der Waals surface area contributed by atoms with E-state index in [0.29, 0.717) is 34.5 Å². The lowest BCUT2D eigenvalue weighted by atomic mass is 10.1.